The van der Waals surface area contributed by atoms with Gasteiger partial charge in [-0.25, -0.2) is 4.79 Å². The molecule has 19 heavy (non-hydrogen) atoms. The molecule has 1 saturated heterocycles. The fourth-order valence-electron chi connectivity index (χ4n) is 2.32. The third-order valence-corrected chi connectivity index (χ3v) is 3.71. The molecule has 0 radical (unpaired) electrons. The zero-order valence-electron chi connectivity index (χ0n) is 12.0. The van der Waals surface area contributed by atoms with Crippen molar-refractivity contribution in [2.45, 2.75) is 58.4 Å². The van der Waals surface area contributed by atoms with Crippen molar-refractivity contribution in [2.24, 2.45) is 5.92 Å². The Labute approximate surface area is 115 Å². The molecule has 2 N–H and O–H groups in total. The van der Waals surface area contributed by atoms with Crippen LogP contribution in [-0.4, -0.2) is 41.1 Å². The largest absolute Gasteiger partial charge is 0.481 e. The number of piperidine rings is 1. The summed E-state index contributed by atoms with van der Waals surface area (Å²) in [6, 6.07) is 0.133. The van der Waals surface area contributed by atoms with Gasteiger partial charge in [-0.1, -0.05) is 13.3 Å². The van der Waals surface area contributed by atoms with E-state index < -0.39 is 5.97 Å². The monoisotopic (exact) mass is 270 g/mol. The Hall–Kier alpha value is -1.26. The summed E-state index contributed by atoms with van der Waals surface area (Å²) in [5, 5.41) is 11.8. The first-order valence-corrected chi connectivity index (χ1v) is 7.29. The van der Waals surface area contributed by atoms with E-state index in [0.29, 0.717) is 6.42 Å². The summed E-state index contributed by atoms with van der Waals surface area (Å²) in [6.07, 6.45) is 5.73. The van der Waals surface area contributed by atoms with Gasteiger partial charge in [0, 0.05) is 19.1 Å². The summed E-state index contributed by atoms with van der Waals surface area (Å²) in [7, 11) is 0. The summed E-state index contributed by atoms with van der Waals surface area (Å²) in [4.78, 5) is 24.5. The van der Waals surface area contributed by atoms with Crippen molar-refractivity contribution < 1.29 is 14.7 Å². The second-order valence-corrected chi connectivity index (χ2v) is 5.57. The molecular weight excluding hydrogens is 244 g/mol. The van der Waals surface area contributed by atoms with Crippen molar-refractivity contribution in [3.8, 4) is 0 Å². The van der Waals surface area contributed by atoms with Crippen LogP contribution in [-0.2, 0) is 4.79 Å². The van der Waals surface area contributed by atoms with E-state index in [2.05, 4.69) is 5.32 Å². The van der Waals surface area contributed by atoms with Gasteiger partial charge in [0.2, 0.25) is 0 Å². The molecule has 5 heteroatoms. The fraction of sp³-hybridized carbons (Fsp3) is 0.857. The number of carbonyl (C=O) groups is 2. The van der Waals surface area contributed by atoms with Crippen molar-refractivity contribution in [2.75, 3.05) is 13.1 Å². The maximum absolute atomic E-state index is 11.9. The third-order valence-electron chi connectivity index (χ3n) is 3.71. The number of carboxylic acid groups (broad SMARTS) is 1. The van der Waals surface area contributed by atoms with Crippen LogP contribution < -0.4 is 5.32 Å². The van der Waals surface area contributed by atoms with Gasteiger partial charge < -0.3 is 15.3 Å². The van der Waals surface area contributed by atoms with Crippen LogP contribution in [0.4, 0.5) is 4.79 Å². The van der Waals surface area contributed by atoms with Crippen LogP contribution in [0.3, 0.4) is 0 Å². The number of urea groups is 1. The molecule has 1 rings (SSSR count). The molecule has 110 valence electrons. The van der Waals surface area contributed by atoms with Crippen molar-refractivity contribution in [1.29, 1.82) is 0 Å². The van der Waals surface area contributed by atoms with Gasteiger partial charge in [-0.2, -0.15) is 0 Å². The summed E-state index contributed by atoms with van der Waals surface area (Å²) in [6.45, 7) is 5.41. The lowest BCUT2D eigenvalue weighted by atomic mass is 10.0. The standard InChI is InChI=1S/C14H26N2O3/c1-11(13(17)18)7-6-8-12(2)15-14(19)16-9-4-3-5-10-16/h11-12H,3-10H2,1-2H3,(H,15,19)(H,17,18). The SMILES string of the molecule is CC(CCCC(C)C(=O)O)NC(=O)N1CCCCC1. The number of aliphatic carboxylic acids is 1. The minimum atomic E-state index is -0.745. The quantitative estimate of drug-likeness (QED) is 0.779. The van der Waals surface area contributed by atoms with Crippen LogP contribution in [0.25, 0.3) is 0 Å². The fourth-order valence-corrected chi connectivity index (χ4v) is 2.32. The first-order valence-electron chi connectivity index (χ1n) is 7.29. The highest BCUT2D eigenvalue weighted by atomic mass is 16.4. The highest BCUT2D eigenvalue weighted by molar-refractivity contribution is 5.74. The lowest BCUT2D eigenvalue weighted by Crippen LogP contribution is -2.45. The second kappa shape index (κ2) is 8.02. The number of carboxylic acids is 1. The van der Waals surface area contributed by atoms with Gasteiger partial charge in [-0.3, -0.25) is 4.79 Å². The van der Waals surface area contributed by atoms with Crippen LogP contribution >= 0.6 is 0 Å². The van der Waals surface area contributed by atoms with E-state index in [1.165, 1.54) is 6.42 Å². The molecule has 2 atom stereocenters. The Bertz CT molecular complexity index is 301. The van der Waals surface area contributed by atoms with Crippen LogP contribution in [0, 0.1) is 5.92 Å². The maximum atomic E-state index is 11.9. The van der Waals surface area contributed by atoms with Gasteiger partial charge in [0.1, 0.15) is 0 Å². The van der Waals surface area contributed by atoms with Gasteiger partial charge in [0.15, 0.2) is 0 Å². The van der Waals surface area contributed by atoms with Crippen LogP contribution in [0.5, 0.6) is 0 Å². The smallest absolute Gasteiger partial charge is 0.317 e. The number of hydrogen-bond acceptors (Lipinski definition) is 2. The molecule has 1 aliphatic heterocycles. The molecule has 2 unspecified atom stereocenters. The number of hydrogen-bond donors (Lipinski definition) is 2. The third kappa shape index (κ3) is 5.94. The van der Waals surface area contributed by atoms with E-state index in [1.54, 1.807) is 6.92 Å². The average Bonchev–Trinajstić information content (AvgIpc) is 2.39. The van der Waals surface area contributed by atoms with Crippen molar-refractivity contribution in [3.63, 3.8) is 0 Å². The lowest BCUT2D eigenvalue weighted by molar-refractivity contribution is -0.141. The molecule has 0 aromatic carbocycles. The van der Waals surface area contributed by atoms with E-state index in [4.69, 9.17) is 5.11 Å². The van der Waals surface area contributed by atoms with Gasteiger partial charge in [-0.05, 0) is 39.0 Å². The maximum Gasteiger partial charge on any atom is 0.317 e. The van der Waals surface area contributed by atoms with Gasteiger partial charge in [0.05, 0.1) is 5.92 Å². The molecular formula is C14H26N2O3. The van der Waals surface area contributed by atoms with E-state index in [-0.39, 0.29) is 18.0 Å². The van der Waals surface area contributed by atoms with Crippen LogP contribution in [0.2, 0.25) is 0 Å². The first-order chi connectivity index (χ1) is 9.00. The molecule has 0 saturated carbocycles. The van der Waals surface area contributed by atoms with Crippen LogP contribution in [0.15, 0.2) is 0 Å². The Morgan fingerprint density at radius 1 is 1.16 bits per heavy atom. The summed E-state index contributed by atoms with van der Waals surface area (Å²) < 4.78 is 0. The predicted molar refractivity (Wildman–Crippen MR) is 74.1 cm³/mol. The molecule has 5 nitrogen and oxygen atoms in total. The first kappa shape index (κ1) is 15.8. The number of carbonyl (C=O) groups excluding carboxylic acids is 1. The Morgan fingerprint density at radius 2 is 1.79 bits per heavy atom. The molecule has 1 heterocycles. The van der Waals surface area contributed by atoms with E-state index in [1.807, 2.05) is 11.8 Å². The van der Waals surface area contributed by atoms with Crippen molar-refractivity contribution in [1.82, 2.24) is 10.2 Å². The molecule has 2 amide bonds. The number of amides is 2. The highest BCUT2D eigenvalue weighted by Gasteiger charge is 2.18. The van der Waals surface area contributed by atoms with E-state index in [0.717, 1.165) is 38.8 Å². The lowest BCUT2D eigenvalue weighted by Gasteiger charge is -2.28. The predicted octanol–water partition coefficient (Wildman–Crippen LogP) is 2.46. The molecule has 0 aromatic rings. The number of nitrogens with one attached hydrogen (secondary N) is 1. The molecule has 0 aromatic heterocycles. The zero-order valence-corrected chi connectivity index (χ0v) is 12.0. The van der Waals surface area contributed by atoms with E-state index in [9.17, 15) is 9.59 Å². The molecule has 0 aliphatic carbocycles. The summed E-state index contributed by atoms with van der Waals surface area (Å²) in [5.74, 6) is -1.05. The van der Waals surface area contributed by atoms with Crippen molar-refractivity contribution >= 4 is 12.0 Å². The van der Waals surface area contributed by atoms with Crippen molar-refractivity contribution in [3.05, 3.63) is 0 Å². The second-order valence-electron chi connectivity index (χ2n) is 5.57. The summed E-state index contributed by atoms with van der Waals surface area (Å²) in [5.41, 5.74) is 0. The zero-order chi connectivity index (χ0) is 14.3. The minimum Gasteiger partial charge on any atom is -0.481 e. The Kier molecular flexibility index (Phi) is 6.67. The van der Waals surface area contributed by atoms with E-state index >= 15 is 0 Å². The van der Waals surface area contributed by atoms with Crippen LogP contribution in [0.1, 0.15) is 52.4 Å². The molecule has 1 aliphatic rings. The molecule has 0 bridgehead atoms. The van der Waals surface area contributed by atoms with Gasteiger partial charge in [0.25, 0.3) is 0 Å². The Balaban J connectivity index is 2.17. The average molecular weight is 270 g/mol. The highest BCUT2D eigenvalue weighted by Crippen LogP contribution is 2.11. The normalized spacial score (nSPS) is 18.7. The molecule has 0 spiro atoms. The number of rotatable bonds is 6. The molecule has 1 fully saturated rings. The minimum absolute atomic E-state index is 0.0264. The Morgan fingerprint density at radius 3 is 2.37 bits per heavy atom. The number of likely N-dealkylation sites (tertiary alicyclic amines) is 1. The van der Waals surface area contributed by atoms with Gasteiger partial charge >= 0.3 is 12.0 Å². The topological polar surface area (TPSA) is 69.6 Å². The van der Waals surface area contributed by atoms with Gasteiger partial charge in [-0.15, -0.1) is 0 Å². The summed E-state index contributed by atoms with van der Waals surface area (Å²) >= 11 is 0. The number of nitrogens with zero attached hydrogens (tertiary/aromatic N) is 1.